The topological polar surface area (TPSA) is 149 Å². The van der Waals surface area contributed by atoms with E-state index in [9.17, 15) is 29.1 Å². The van der Waals surface area contributed by atoms with Gasteiger partial charge in [0, 0.05) is 40.2 Å². The zero-order chi connectivity index (χ0) is 38.2. The summed E-state index contributed by atoms with van der Waals surface area (Å²) >= 11 is 0. The van der Waals surface area contributed by atoms with Gasteiger partial charge in [0.1, 0.15) is 23.4 Å². The molecule has 0 aliphatic carbocycles. The molecule has 2 amide bonds. The van der Waals surface area contributed by atoms with Gasteiger partial charge in [-0.15, -0.1) is 0 Å². The highest BCUT2D eigenvalue weighted by Gasteiger charge is 2.41. The van der Waals surface area contributed by atoms with E-state index in [1.54, 1.807) is 20.8 Å². The minimum absolute atomic E-state index is 0.0981. The van der Waals surface area contributed by atoms with E-state index in [1.165, 1.54) is 34.9 Å². The number of likely N-dealkylation sites (N-methyl/N-ethyl adjacent to an activating group) is 2. The summed E-state index contributed by atoms with van der Waals surface area (Å²) in [7, 11) is 2.65. The Bertz CT molecular complexity index is 1320. The fourth-order valence-electron chi connectivity index (χ4n) is 5.51. The molecule has 1 aliphatic rings. The molecule has 282 valence electrons. The Morgan fingerprint density at radius 2 is 1.38 bits per heavy atom. The Labute approximate surface area is 295 Å². The summed E-state index contributed by atoms with van der Waals surface area (Å²) < 4.78 is 37.0. The van der Waals surface area contributed by atoms with Gasteiger partial charge in [-0.05, 0) is 83.3 Å². The third kappa shape index (κ3) is 13.9. The van der Waals surface area contributed by atoms with Crippen LogP contribution >= 0.6 is 0 Å². The van der Waals surface area contributed by atoms with E-state index >= 15 is 4.39 Å². The van der Waals surface area contributed by atoms with Crippen LogP contribution in [-0.4, -0.2) is 108 Å². The molecule has 0 radical (unpaired) electrons. The van der Waals surface area contributed by atoms with Gasteiger partial charge in [0.05, 0.1) is 0 Å². The number of rotatable bonds is 14. The molecule has 1 aliphatic heterocycles. The van der Waals surface area contributed by atoms with Gasteiger partial charge in [-0.25, -0.2) is 23.6 Å². The first-order chi connectivity index (χ1) is 22.9. The average Bonchev–Trinajstić information content (AvgIpc) is 3.00. The second-order valence-electron chi connectivity index (χ2n) is 15.9. The highest BCUT2D eigenvalue weighted by Crippen LogP contribution is 2.29. The van der Waals surface area contributed by atoms with Gasteiger partial charge in [-0.3, -0.25) is 9.69 Å². The quantitative estimate of drug-likeness (QED) is 0.189. The van der Waals surface area contributed by atoms with Crippen LogP contribution in [0.3, 0.4) is 0 Å². The summed E-state index contributed by atoms with van der Waals surface area (Å²) in [5.41, 5.74) is -1.57. The van der Waals surface area contributed by atoms with Crippen molar-refractivity contribution >= 4 is 29.9 Å². The standard InChI is InChI=1S/C37H57FN2O10/c1-23(31(42)43)48-32(44)27(21-35(2,3)4)39(10)30(41)29(20-24-12-14-25(15-13-24)26-16-18-47-19-17-26)49-33(45)28(22-37(8,9)38)40(11)34(46)50-36(5,6)7/h12-15,23,26-29H,16-22H2,1-11H3,(H,42,43)/t23-,27+,28+,29-/m1/s1. The molecular formula is C37H57FN2O10. The lowest BCUT2D eigenvalue weighted by molar-refractivity contribution is -0.172. The number of ether oxygens (including phenoxy) is 4. The van der Waals surface area contributed by atoms with E-state index in [-0.39, 0.29) is 12.8 Å². The van der Waals surface area contributed by atoms with Crippen molar-refractivity contribution in [3.63, 3.8) is 0 Å². The van der Waals surface area contributed by atoms with Crippen molar-refractivity contribution in [1.29, 1.82) is 0 Å². The minimum Gasteiger partial charge on any atom is -0.479 e. The summed E-state index contributed by atoms with van der Waals surface area (Å²) in [5.74, 6) is -3.76. The fourth-order valence-corrected chi connectivity index (χ4v) is 5.51. The molecule has 50 heavy (non-hydrogen) atoms. The van der Waals surface area contributed by atoms with Gasteiger partial charge < -0.3 is 29.0 Å². The number of esters is 2. The predicted octanol–water partition coefficient (Wildman–Crippen LogP) is 5.69. The first kappa shape index (κ1) is 42.4. The van der Waals surface area contributed by atoms with E-state index < -0.39 is 77.3 Å². The van der Waals surface area contributed by atoms with Crippen LogP contribution in [0, 0.1) is 5.41 Å². The van der Waals surface area contributed by atoms with Crippen LogP contribution in [0.5, 0.6) is 0 Å². The van der Waals surface area contributed by atoms with Crippen LogP contribution in [0.1, 0.15) is 105 Å². The molecule has 1 N–H and O–H groups in total. The molecule has 0 bridgehead atoms. The van der Waals surface area contributed by atoms with Crippen LogP contribution in [-0.2, 0) is 44.5 Å². The lowest BCUT2D eigenvalue weighted by Crippen LogP contribution is -2.53. The molecule has 1 aromatic rings. The molecule has 0 aromatic heterocycles. The van der Waals surface area contributed by atoms with E-state index in [0.29, 0.717) is 24.7 Å². The number of carbonyl (C=O) groups is 5. The third-order valence-electron chi connectivity index (χ3n) is 8.26. The Morgan fingerprint density at radius 1 is 0.860 bits per heavy atom. The maximum Gasteiger partial charge on any atom is 0.410 e. The highest BCUT2D eigenvalue weighted by molar-refractivity contribution is 5.90. The van der Waals surface area contributed by atoms with Crippen LogP contribution in [0.4, 0.5) is 9.18 Å². The second-order valence-corrected chi connectivity index (χ2v) is 15.9. The molecule has 1 fully saturated rings. The number of hydrogen-bond acceptors (Lipinski definition) is 9. The van der Waals surface area contributed by atoms with E-state index in [1.807, 2.05) is 45.0 Å². The number of halogens is 1. The van der Waals surface area contributed by atoms with E-state index in [2.05, 4.69) is 0 Å². The van der Waals surface area contributed by atoms with Gasteiger partial charge in [-0.1, -0.05) is 45.0 Å². The average molecular weight is 709 g/mol. The molecule has 1 aromatic carbocycles. The van der Waals surface area contributed by atoms with E-state index in [0.717, 1.165) is 28.2 Å². The van der Waals surface area contributed by atoms with Crippen LogP contribution in [0.25, 0.3) is 0 Å². The zero-order valence-corrected chi connectivity index (χ0v) is 31.5. The molecule has 0 spiro atoms. The highest BCUT2D eigenvalue weighted by atomic mass is 19.1. The number of alkyl halides is 1. The number of carbonyl (C=O) groups excluding carboxylic acids is 4. The molecule has 0 saturated carbocycles. The molecule has 13 heteroatoms. The second kappa shape index (κ2) is 17.5. The monoisotopic (exact) mass is 708 g/mol. The molecule has 12 nitrogen and oxygen atoms in total. The smallest absolute Gasteiger partial charge is 0.410 e. The number of nitrogens with zero attached hydrogens (tertiary/aromatic N) is 2. The van der Waals surface area contributed by atoms with Gasteiger partial charge in [0.15, 0.2) is 12.2 Å². The number of hydrogen-bond donors (Lipinski definition) is 1. The number of carboxylic acids is 1. The van der Waals surface area contributed by atoms with Crippen molar-refractivity contribution in [2.45, 2.75) is 136 Å². The SMILES string of the molecule is C[C@@H](OC(=O)[C@H](CC(C)(C)C)N(C)C(=O)[C@@H](Cc1ccc(C2CCOCC2)cc1)OC(=O)[C@H](CC(C)(C)F)N(C)C(=O)OC(C)(C)C)C(=O)O. The van der Waals surface area contributed by atoms with Crippen molar-refractivity contribution in [2.75, 3.05) is 27.3 Å². The summed E-state index contributed by atoms with van der Waals surface area (Å²) in [4.78, 5) is 68.0. The number of amides is 2. The van der Waals surface area contributed by atoms with Crippen LogP contribution < -0.4 is 0 Å². The molecule has 1 heterocycles. The Hall–Kier alpha value is -3.74. The van der Waals surface area contributed by atoms with Crippen LogP contribution in [0.2, 0.25) is 0 Å². The Kier molecular flexibility index (Phi) is 14.8. The van der Waals surface area contributed by atoms with Crippen LogP contribution in [0.15, 0.2) is 24.3 Å². The normalized spacial score (nSPS) is 16.7. The van der Waals surface area contributed by atoms with Crippen molar-refractivity contribution in [3.05, 3.63) is 35.4 Å². The number of carboxylic acid groups (broad SMARTS) is 1. The Balaban J connectivity index is 2.52. The van der Waals surface area contributed by atoms with Gasteiger partial charge in [0.2, 0.25) is 0 Å². The zero-order valence-electron chi connectivity index (χ0n) is 31.5. The van der Waals surface area contributed by atoms with E-state index in [4.69, 9.17) is 18.9 Å². The summed E-state index contributed by atoms with van der Waals surface area (Å²) in [5, 5.41) is 9.34. The lowest BCUT2D eigenvalue weighted by atomic mass is 9.87. The summed E-state index contributed by atoms with van der Waals surface area (Å²) in [6.45, 7) is 15.6. The minimum atomic E-state index is -1.92. The molecule has 0 unspecified atom stereocenters. The summed E-state index contributed by atoms with van der Waals surface area (Å²) in [6.07, 6.45) is -2.56. The van der Waals surface area contributed by atoms with Crippen molar-refractivity contribution in [1.82, 2.24) is 9.80 Å². The maximum atomic E-state index is 15.1. The van der Waals surface area contributed by atoms with Crippen molar-refractivity contribution < 1.29 is 52.4 Å². The Morgan fingerprint density at radius 3 is 1.86 bits per heavy atom. The number of benzene rings is 1. The van der Waals surface area contributed by atoms with Gasteiger partial charge in [-0.2, -0.15) is 0 Å². The third-order valence-corrected chi connectivity index (χ3v) is 8.26. The largest absolute Gasteiger partial charge is 0.479 e. The molecule has 4 atom stereocenters. The van der Waals surface area contributed by atoms with Gasteiger partial charge >= 0.3 is 24.0 Å². The first-order valence-electron chi connectivity index (χ1n) is 17.1. The van der Waals surface area contributed by atoms with Gasteiger partial charge in [0.25, 0.3) is 5.91 Å². The molecule has 2 rings (SSSR count). The molecule has 1 saturated heterocycles. The van der Waals surface area contributed by atoms with Crippen molar-refractivity contribution in [3.8, 4) is 0 Å². The summed E-state index contributed by atoms with van der Waals surface area (Å²) in [6, 6.07) is 4.89. The predicted molar refractivity (Wildman–Crippen MR) is 184 cm³/mol. The van der Waals surface area contributed by atoms with Crippen molar-refractivity contribution in [2.24, 2.45) is 5.41 Å². The molecular weight excluding hydrogens is 651 g/mol. The number of aliphatic carboxylic acids is 1. The first-order valence-corrected chi connectivity index (χ1v) is 17.1. The lowest BCUT2D eigenvalue weighted by Gasteiger charge is -2.35. The fraction of sp³-hybridized carbons (Fsp3) is 0.703. The maximum absolute atomic E-state index is 15.1.